The summed E-state index contributed by atoms with van der Waals surface area (Å²) >= 11 is 0. The van der Waals surface area contributed by atoms with Crippen molar-refractivity contribution in [1.29, 1.82) is 0 Å². The van der Waals surface area contributed by atoms with Crippen molar-refractivity contribution in [2.75, 3.05) is 43.5 Å². The van der Waals surface area contributed by atoms with E-state index in [4.69, 9.17) is 10.5 Å². The van der Waals surface area contributed by atoms with Crippen LogP contribution >= 0.6 is 0 Å². The fraction of sp³-hybridized carbons (Fsp3) is 0.333. The number of nitrogens with zero attached hydrogens (tertiary/aromatic N) is 5. The van der Waals surface area contributed by atoms with Gasteiger partial charge in [-0.25, -0.2) is 14.8 Å². The van der Waals surface area contributed by atoms with Crippen LogP contribution in [0.1, 0.15) is 17.0 Å². The number of carbonyl (C=O) groups excluding carboxylic acids is 1. The number of anilines is 2. The first-order chi connectivity index (χ1) is 17.8. The molecule has 1 aromatic heterocycles. The minimum absolute atomic E-state index is 0.00119. The Bertz CT molecular complexity index is 1220. The first-order valence-corrected chi connectivity index (χ1v) is 11.6. The maximum atomic E-state index is 12.7. The predicted octanol–water partition coefficient (Wildman–Crippen LogP) is 3.04. The summed E-state index contributed by atoms with van der Waals surface area (Å²) in [6, 6.07) is 8.33. The number of nitrogens with two attached hydrogens (primary N) is 1. The molecule has 194 valence electrons. The fourth-order valence-corrected chi connectivity index (χ4v) is 4.48. The highest BCUT2D eigenvalue weighted by atomic mass is 19.4. The third kappa shape index (κ3) is 5.57. The van der Waals surface area contributed by atoms with Crippen molar-refractivity contribution in [2.45, 2.75) is 18.1 Å². The number of hydrogen-bond acceptors (Lipinski definition) is 8. The molecule has 1 fully saturated rings. The zero-order chi connectivity index (χ0) is 26.0. The highest BCUT2D eigenvalue weighted by molar-refractivity contribution is 5.99. The Hall–Kier alpha value is -3.97. The number of amides is 2. The van der Waals surface area contributed by atoms with Crippen molar-refractivity contribution in [3.05, 3.63) is 65.5 Å². The standard InChI is InChI=1S/C24H25F3N8O2/c25-24(26,27)16-3-6-20(29-12-16)33-23(36)32-17-4-1-15(2-5-17)19-11-18(13-34-7-9-37-10-8-34)35-21(19)22(28)30-14-31-35/h1-6,11-12,14,19,21H,7-10,13H2,(H2,28,30,31)(H2,29,32,33,36). The number of ether oxygens (including phenoxy) is 1. The van der Waals surface area contributed by atoms with E-state index < -0.39 is 17.8 Å². The minimum atomic E-state index is -4.50. The summed E-state index contributed by atoms with van der Waals surface area (Å²) in [5, 5.41) is 11.4. The van der Waals surface area contributed by atoms with Crippen LogP contribution in [0.4, 0.5) is 29.5 Å². The van der Waals surface area contributed by atoms with Gasteiger partial charge in [-0.2, -0.15) is 18.3 Å². The van der Waals surface area contributed by atoms with Crippen molar-refractivity contribution in [2.24, 2.45) is 15.8 Å². The van der Waals surface area contributed by atoms with Gasteiger partial charge in [0.05, 0.1) is 18.8 Å². The molecule has 3 aliphatic rings. The Labute approximate surface area is 210 Å². The Kier molecular flexibility index (Phi) is 6.80. The number of morpholine rings is 1. The third-order valence-corrected chi connectivity index (χ3v) is 6.33. The molecule has 1 aromatic carbocycles. The second-order valence-corrected chi connectivity index (χ2v) is 8.78. The van der Waals surface area contributed by atoms with E-state index in [1.807, 2.05) is 17.1 Å². The highest BCUT2D eigenvalue weighted by Gasteiger charge is 2.40. The van der Waals surface area contributed by atoms with Gasteiger partial charge in [-0.05, 0) is 29.8 Å². The van der Waals surface area contributed by atoms with E-state index in [-0.39, 0.29) is 17.8 Å². The van der Waals surface area contributed by atoms with Crippen molar-refractivity contribution in [1.82, 2.24) is 14.9 Å². The number of rotatable bonds is 5. The van der Waals surface area contributed by atoms with Gasteiger partial charge < -0.3 is 15.8 Å². The summed E-state index contributed by atoms with van der Waals surface area (Å²) in [4.78, 5) is 22.5. The van der Waals surface area contributed by atoms with Gasteiger partial charge in [0.25, 0.3) is 0 Å². The number of hydrazone groups is 1. The average molecular weight is 515 g/mol. The number of fused-ring (bicyclic) bond motifs is 1. The van der Waals surface area contributed by atoms with Gasteiger partial charge in [-0.3, -0.25) is 15.2 Å². The lowest BCUT2D eigenvalue weighted by Crippen LogP contribution is -2.45. The van der Waals surface area contributed by atoms with Gasteiger partial charge in [0.1, 0.15) is 24.0 Å². The van der Waals surface area contributed by atoms with Gasteiger partial charge in [0.15, 0.2) is 0 Å². The molecular weight excluding hydrogens is 489 g/mol. The van der Waals surface area contributed by atoms with Crippen LogP contribution in [-0.2, 0) is 10.9 Å². The Morgan fingerprint density at radius 3 is 2.54 bits per heavy atom. The maximum absolute atomic E-state index is 12.7. The molecule has 0 saturated carbocycles. The number of pyridine rings is 1. The molecule has 2 amide bonds. The van der Waals surface area contributed by atoms with Gasteiger partial charge >= 0.3 is 12.2 Å². The Morgan fingerprint density at radius 2 is 1.86 bits per heavy atom. The smallest absolute Gasteiger partial charge is 0.385 e. The molecule has 2 unspecified atom stereocenters. The van der Waals surface area contributed by atoms with Gasteiger partial charge in [-0.1, -0.05) is 18.2 Å². The van der Waals surface area contributed by atoms with Crippen LogP contribution in [0.25, 0.3) is 0 Å². The summed E-state index contributed by atoms with van der Waals surface area (Å²) in [7, 11) is 0. The fourth-order valence-electron chi connectivity index (χ4n) is 4.48. The number of alkyl halides is 3. The van der Waals surface area contributed by atoms with E-state index in [0.717, 1.165) is 43.0 Å². The predicted molar refractivity (Wildman–Crippen MR) is 132 cm³/mol. The molecule has 2 aromatic rings. The van der Waals surface area contributed by atoms with Crippen LogP contribution in [0, 0.1) is 0 Å². The van der Waals surface area contributed by atoms with Crippen LogP contribution in [0.15, 0.2) is 64.5 Å². The van der Waals surface area contributed by atoms with Gasteiger partial charge in [-0.15, -0.1) is 0 Å². The number of hydrogen-bond donors (Lipinski definition) is 3. The molecule has 1 saturated heterocycles. The summed E-state index contributed by atoms with van der Waals surface area (Å²) in [6.07, 6.45) is -0.222. The number of aliphatic imine (C=N–C) groups is 1. The van der Waals surface area contributed by atoms with E-state index in [9.17, 15) is 18.0 Å². The third-order valence-electron chi connectivity index (χ3n) is 6.33. The number of aromatic nitrogens is 1. The van der Waals surface area contributed by atoms with Crippen molar-refractivity contribution in [3.8, 4) is 0 Å². The molecule has 4 heterocycles. The normalized spacial score (nSPS) is 21.8. The number of halogens is 3. The molecule has 3 aliphatic heterocycles. The van der Waals surface area contributed by atoms with Crippen LogP contribution in [0.2, 0.25) is 0 Å². The lowest BCUT2D eigenvalue weighted by molar-refractivity contribution is -0.137. The second-order valence-electron chi connectivity index (χ2n) is 8.78. The van der Waals surface area contributed by atoms with Crippen LogP contribution in [-0.4, -0.2) is 72.0 Å². The first kappa shape index (κ1) is 24.7. The van der Waals surface area contributed by atoms with Crippen LogP contribution < -0.4 is 16.4 Å². The Balaban J connectivity index is 1.25. The van der Waals surface area contributed by atoms with Crippen molar-refractivity contribution < 1.29 is 22.7 Å². The van der Waals surface area contributed by atoms with E-state index in [0.29, 0.717) is 30.9 Å². The topological polar surface area (TPSA) is 120 Å². The zero-order valence-electron chi connectivity index (χ0n) is 19.7. The molecular formula is C24H25F3N8O2. The first-order valence-electron chi connectivity index (χ1n) is 11.6. The van der Waals surface area contributed by atoms with E-state index in [1.165, 1.54) is 6.34 Å². The second kappa shape index (κ2) is 10.2. The largest absolute Gasteiger partial charge is 0.417 e. The number of carbonyl (C=O) groups is 1. The Morgan fingerprint density at radius 1 is 1.11 bits per heavy atom. The molecule has 4 N–H and O–H groups in total. The van der Waals surface area contributed by atoms with Gasteiger partial charge in [0, 0.05) is 43.1 Å². The summed E-state index contributed by atoms with van der Waals surface area (Å²) in [5.74, 6) is 0.383. The number of amidine groups is 1. The average Bonchev–Trinajstić information content (AvgIpc) is 3.24. The lowest BCUT2D eigenvalue weighted by atomic mass is 9.92. The molecule has 0 bridgehead atoms. The maximum Gasteiger partial charge on any atom is 0.417 e. The van der Waals surface area contributed by atoms with Crippen molar-refractivity contribution in [3.63, 3.8) is 0 Å². The molecule has 2 atom stereocenters. The van der Waals surface area contributed by atoms with Crippen LogP contribution in [0.3, 0.4) is 0 Å². The number of nitrogens with one attached hydrogen (secondary N) is 2. The summed E-state index contributed by atoms with van der Waals surface area (Å²) in [5.41, 5.74) is 7.88. The molecule has 10 nitrogen and oxygen atoms in total. The molecule has 0 radical (unpaired) electrons. The highest BCUT2D eigenvalue weighted by Crippen LogP contribution is 2.37. The summed E-state index contributed by atoms with van der Waals surface area (Å²) in [6.45, 7) is 3.81. The van der Waals surface area contributed by atoms with E-state index >= 15 is 0 Å². The molecule has 37 heavy (non-hydrogen) atoms. The monoisotopic (exact) mass is 514 g/mol. The summed E-state index contributed by atoms with van der Waals surface area (Å²) < 4.78 is 43.5. The van der Waals surface area contributed by atoms with Crippen LogP contribution in [0.5, 0.6) is 0 Å². The number of urea groups is 1. The van der Waals surface area contributed by atoms with E-state index in [2.05, 4.69) is 36.7 Å². The van der Waals surface area contributed by atoms with Crippen molar-refractivity contribution >= 4 is 29.7 Å². The lowest BCUT2D eigenvalue weighted by Gasteiger charge is -2.32. The van der Waals surface area contributed by atoms with Gasteiger partial charge in [0.2, 0.25) is 0 Å². The molecule has 5 rings (SSSR count). The zero-order valence-corrected chi connectivity index (χ0v) is 19.7. The SMILES string of the molecule is NC1=NC=NN2C(CN3CCOCC3)=CC(c3ccc(NC(=O)Nc4ccc(C(F)(F)F)cn4)cc3)C12. The van der Waals surface area contributed by atoms with E-state index in [1.54, 1.807) is 12.1 Å². The number of benzene rings is 1. The molecule has 0 aliphatic carbocycles. The molecule has 0 spiro atoms. The quantitative estimate of drug-likeness (QED) is 0.564. The molecule has 13 heteroatoms. The minimum Gasteiger partial charge on any atom is -0.385 e.